The molecule has 27 heavy (non-hydrogen) atoms. The van der Waals surface area contributed by atoms with E-state index in [1.54, 1.807) is 36.4 Å². The topological polar surface area (TPSA) is 80.9 Å². The van der Waals surface area contributed by atoms with Crippen molar-refractivity contribution in [3.63, 3.8) is 0 Å². The molecule has 6 nitrogen and oxygen atoms in total. The summed E-state index contributed by atoms with van der Waals surface area (Å²) in [6.07, 6.45) is 4.93. The summed E-state index contributed by atoms with van der Waals surface area (Å²) in [7, 11) is 0. The van der Waals surface area contributed by atoms with Crippen LogP contribution in [0.3, 0.4) is 0 Å². The normalized spacial score (nSPS) is 11.0. The molecule has 0 amide bonds. The SMILES string of the molecule is CSc1nn(-c2ncc(-c3ccccc3F)cn2)c2cc(C(=O)O)ccc12. The van der Waals surface area contributed by atoms with Gasteiger partial charge in [0.25, 0.3) is 5.95 Å². The van der Waals surface area contributed by atoms with Crippen molar-refractivity contribution in [3.8, 4) is 17.1 Å². The fourth-order valence-corrected chi connectivity index (χ4v) is 3.34. The zero-order chi connectivity index (χ0) is 19.0. The van der Waals surface area contributed by atoms with Crippen molar-refractivity contribution >= 4 is 28.6 Å². The third-order valence-electron chi connectivity index (χ3n) is 4.10. The molecule has 2 heterocycles. The average Bonchev–Trinajstić information content (AvgIpc) is 3.06. The van der Waals surface area contributed by atoms with Crippen LogP contribution in [0.2, 0.25) is 0 Å². The van der Waals surface area contributed by atoms with E-state index in [1.165, 1.54) is 34.9 Å². The second-order valence-electron chi connectivity index (χ2n) is 5.71. The van der Waals surface area contributed by atoms with E-state index in [0.29, 0.717) is 16.6 Å². The molecule has 4 aromatic rings. The standard InChI is InChI=1S/C19H13FN4O2S/c1-27-17-14-7-6-11(18(25)26)8-16(14)24(23-17)19-21-9-12(10-22-19)13-4-2-3-5-15(13)20/h2-10H,1H3,(H,25,26). The van der Waals surface area contributed by atoms with E-state index in [9.17, 15) is 14.3 Å². The van der Waals surface area contributed by atoms with E-state index in [0.717, 1.165) is 10.4 Å². The Bertz CT molecular complexity index is 1160. The van der Waals surface area contributed by atoms with Crippen LogP contribution < -0.4 is 0 Å². The van der Waals surface area contributed by atoms with Crippen LogP contribution in [0.15, 0.2) is 59.9 Å². The summed E-state index contributed by atoms with van der Waals surface area (Å²) in [5.41, 5.74) is 1.70. The van der Waals surface area contributed by atoms with Gasteiger partial charge in [-0.15, -0.1) is 11.8 Å². The highest BCUT2D eigenvalue weighted by molar-refractivity contribution is 7.98. The Labute approximate surface area is 157 Å². The van der Waals surface area contributed by atoms with Crippen LogP contribution in [0.25, 0.3) is 28.0 Å². The zero-order valence-electron chi connectivity index (χ0n) is 14.1. The minimum Gasteiger partial charge on any atom is -0.478 e. The number of carboxylic acids is 1. The molecule has 0 atom stereocenters. The molecule has 0 radical (unpaired) electrons. The van der Waals surface area contributed by atoms with Crippen molar-refractivity contribution in [3.05, 3.63) is 66.2 Å². The van der Waals surface area contributed by atoms with Gasteiger partial charge < -0.3 is 5.11 Å². The molecule has 2 aromatic heterocycles. The van der Waals surface area contributed by atoms with Crippen LogP contribution in [0.1, 0.15) is 10.4 Å². The lowest BCUT2D eigenvalue weighted by Crippen LogP contribution is -2.04. The highest BCUT2D eigenvalue weighted by Crippen LogP contribution is 2.28. The van der Waals surface area contributed by atoms with Crippen LogP contribution in [-0.2, 0) is 0 Å². The Morgan fingerprint density at radius 2 is 1.89 bits per heavy atom. The number of hydrogen-bond acceptors (Lipinski definition) is 5. The van der Waals surface area contributed by atoms with Gasteiger partial charge in [-0.25, -0.2) is 19.2 Å². The zero-order valence-corrected chi connectivity index (χ0v) is 14.9. The van der Waals surface area contributed by atoms with Gasteiger partial charge in [0.05, 0.1) is 11.1 Å². The lowest BCUT2D eigenvalue weighted by molar-refractivity contribution is 0.0697. The largest absolute Gasteiger partial charge is 0.478 e. The number of rotatable bonds is 4. The van der Waals surface area contributed by atoms with E-state index < -0.39 is 5.97 Å². The van der Waals surface area contributed by atoms with Crippen LogP contribution in [0.4, 0.5) is 4.39 Å². The van der Waals surface area contributed by atoms with Gasteiger partial charge >= 0.3 is 5.97 Å². The van der Waals surface area contributed by atoms with Gasteiger partial charge in [0.1, 0.15) is 10.8 Å². The summed E-state index contributed by atoms with van der Waals surface area (Å²) < 4.78 is 15.4. The monoisotopic (exact) mass is 380 g/mol. The second kappa shape index (κ2) is 6.81. The summed E-state index contributed by atoms with van der Waals surface area (Å²) in [6.45, 7) is 0. The number of fused-ring (bicyclic) bond motifs is 1. The lowest BCUT2D eigenvalue weighted by Gasteiger charge is -2.05. The van der Waals surface area contributed by atoms with Crippen LogP contribution in [0, 0.1) is 5.82 Å². The number of aromatic carboxylic acids is 1. The third kappa shape index (κ3) is 3.04. The Morgan fingerprint density at radius 1 is 1.15 bits per heavy atom. The number of nitrogens with zero attached hydrogens (tertiary/aromatic N) is 4. The van der Waals surface area contributed by atoms with Crippen molar-refractivity contribution < 1.29 is 14.3 Å². The molecular formula is C19H13FN4O2S. The van der Waals surface area contributed by atoms with E-state index in [-0.39, 0.29) is 17.3 Å². The average molecular weight is 380 g/mol. The molecule has 0 unspecified atom stereocenters. The summed E-state index contributed by atoms with van der Waals surface area (Å²) in [5, 5.41) is 15.3. The maximum Gasteiger partial charge on any atom is 0.335 e. The number of carbonyl (C=O) groups is 1. The lowest BCUT2D eigenvalue weighted by atomic mass is 10.1. The van der Waals surface area contributed by atoms with Gasteiger partial charge in [0.2, 0.25) is 0 Å². The Balaban J connectivity index is 1.83. The second-order valence-corrected chi connectivity index (χ2v) is 6.50. The predicted molar refractivity (Wildman–Crippen MR) is 101 cm³/mol. The maximum atomic E-state index is 13.9. The number of thioether (sulfide) groups is 1. The van der Waals surface area contributed by atoms with Crippen LogP contribution in [0.5, 0.6) is 0 Å². The van der Waals surface area contributed by atoms with E-state index in [4.69, 9.17) is 0 Å². The Hall–Kier alpha value is -3.26. The number of benzene rings is 2. The highest BCUT2D eigenvalue weighted by Gasteiger charge is 2.16. The minimum atomic E-state index is -1.02. The molecule has 1 N–H and O–H groups in total. The first-order valence-corrected chi connectivity index (χ1v) is 9.18. The number of carboxylic acid groups (broad SMARTS) is 1. The van der Waals surface area contributed by atoms with E-state index in [2.05, 4.69) is 15.1 Å². The third-order valence-corrected chi connectivity index (χ3v) is 4.79. The molecule has 8 heteroatoms. The molecule has 0 aliphatic heterocycles. The molecule has 0 saturated carbocycles. The van der Waals surface area contributed by atoms with Crippen molar-refractivity contribution in [2.45, 2.75) is 5.03 Å². The van der Waals surface area contributed by atoms with Crippen molar-refractivity contribution in [2.24, 2.45) is 0 Å². The molecular weight excluding hydrogens is 367 g/mol. The van der Waals surface area contributed by atoms with Crippen LogP contribution in [-0.4, -0.2) is 37.1 Å². The summed E-state index contributed by atoms with van der Waals surface area (Å²) in [5.74, 6) is -1.09. The van der Waals surface area contributed by atoms with Crippen molar-refractivity contribution in [1.82, 2.24) is 19.7 Å². The molecule has 2 aromatic carbocycles. The number of halogens is 1. The summed E-state index contributed by atoms with van der Waals surface area (Å²) in [4.78, 5) is 19.9. The van der Waals surface area contributed by atoms with Gasteiger partial charge in [-0.1, -0.05) is 18.2 Å². The first kappa shape index (κ1) is 17.2. The van der Waals surface area contributed by atoms with Gasteiger partial charge in [-0.2, -0.15) is 9.78 Å². The fourth-order valence-electron chi connectivity index (χ4n) is 2.79. The molecule has 0 aliphatic rings. The molecule has 0 fully saturated rings. The molecule has 0 aliphatic carbocycles. The fraction of sp³-hybridized carbons (Fsp3) is 0.0526. The Kier molecular flexibility index (Phi) is 4.33. The number of hydrogen-bond donors (Lipinski definition) is 1. The van der Waals surface area contributed by atoms with Gasteiger partial charge in [0, 0.05) is 28.9 Å². The predicted octanol–water partition coefficient (Wildman–Crippen LogP) is 4.04. The van der Waals surface area contributed by atoms with Gasteiger partial charge in [0.15, 0.2) is 0 Å². The smallest absolute Gasteiger partial charge is 0.335 e. The molecule has 0 bridgehead atoms. The quantitative estimate of drug-likeness (QED) is 0.538. The van der Waals surface area contributed by atoms with Crippen molar-refractivity contribution in [1.29, 1.82) is 0 Å². The highest BCUT2D eigenvalue weighted by atomic mass is 32.2. The molecule has 4 rings (SSSR count). The Morgan fingerprint density at radius 3 is 2.56 bits per heavy atom. The molecule has 134 valence electrons. The van der Waals surface area contributed by atoms with Gasteiger partial charge in [-0.3, -0.25) is 0 Å². The van der Waals surface area contributed by atoms with E-state index >= 15 is 0 Å². The van der Waals surface area contributed by atoms with Crippen molar-refractivity contribution in [2.75, 3.05) is 6.26 Å². The molecule has 0 saturated heterocycles. The maximum absolute atomic E-state index is 13.9. The number of aromatic nitrogens is 4. The first-order valence-electron chi connectivity index (χ1n) is 7.96. The van der Waals surface area contributed by atoms with Crippen LogP contribution >= 0.6 is 11.8 Å². The van der Waals surface area contributed by atoms with E-state index in [1.807, 2.05) is 6.26 Å². The summed E-state index contributed by atoms with van der Waals surface area (Å²) in [6, 6.07) is 11.2. The molecule has 0 spiro atoms. The summed E-state index contributed by atoms with van der Waals surface area (Å²) >= 11 is 1.45. The van der Waals surface area contributed by atoms with Gasteiger partial charge in [-0.05, 0) is 30.5 Å². The minimum absolute atomic E-state index is 0.152. The first-order chi connectivity index (χ1) is 13.1.